The van der Waals surface area contributed by atoms with Gasteiger partial charge in [0.25, 0.3) is 5.91 Å². The van der Waals surface area contributed by atoms with Crippen molar-refractivity contribution >= 4 is 46.3 Å². The first-order valence-corrected chi connectivity index (χ1v) is 9.57. The molecule has 1 heterocycles. The zero-order valence-corrected chi connectivity index (χ0v) is 15.6. The number of rotatable bonds is 7. The van der Waals surface area contributed by atoms with Crippen LogP contribution in [-0.2, 0) is 28.9 Å². The lowest BCUT2D eigenvalue weighted by atomic mass is 10.0. The van der Waals surface area contributed by atoms with Crippen molar-refractivity contribution in [1.29, 1.82) is 0 Å². The number of ketones is 1. The van der Waals surface area contributed by atoms with Crippen LogP contribution in [0.4, 0.5) is 5.69 Å². The largest absolute Gasteiger partial charge is 0.481 e. The summed E-state index contributed by atoms with van der Waals surface area (Å²) in [6.07, 6.45) is 2.67. The lowest BCUT2D eigenvalue weighted by Crippen LogP contribution is -2.16. The molecule has 0 atom stereocenters. The molecule has 1 aliphatic rings. The third-order valence-corrected chi connectivity index (χ3v) is 5.84. The predicted molar refractivity (Wildman–Crippen MR) is 101 cm³/mol. The average molecular weight is 392 g/mol. The van der Waals surface area contributed by atoms with E-state index in [0.29, 0.717) is 16.3 Å². The predicted octanol–water partition coefficient (Wildman–Crippen LogP) is 4.12. The number of carbonyl (C=O) groups is 3. The van der Waals surface area contributed by atoms with Gasteiger partial charge < -0.3 is 10.4 Å². The molecule has 5 nitrogen and oxygen atoms in total. The molecule has 1 aliphatic carbocycles. The van der Waals surface area contributed by atoms with E-state index in [0.717, 1.165) is 34.6 Å². The van der Waals surface area contributed by atoms with Crippen LogP contribution in [0, 0.1) is 0 Å². The Kier molecular flexibility index (Phi) is 5.74. The van der Waals surface area contributed by atoms with Crippen LogP contribution in [0.15, 0.2) is 24.3 Å². The number of nitrogens with one attached hydrogen (secondary N) is 1. The molecule has 7 heteroatoms. The molecule has 0 radical (unpaired) electrons. The zero-order valence-electron chi connectivity index (χ0n) is 14.0. The fraction of sp³-hybridized carbons (Fsp3) is 0.316. The molecule has 1 aromatic carbocycles. The fourth-order valence-electron chi connectivity index (χ4n) is 3.09. The van der Waals surface area contributed by atoms with Crippen molar-refractivity contribution in [2.24, 2.45) is 0 Å². The van der Waals surface area contributed by atoms with Crippen molar-refractivity contribution in [1.82, 2.24) is 0 Å². The van der Waals surface area contributed by atoms with E-state index in [4.69, 9.17) is 16.7 Å². The Morgan fingerprint density at radius 2 is 1.85 bits per heavy atom. The van der Waals surface area contributed by atoms with Gasteiger partial charge in [-0.3, -0.25) is 14.4 Å². The van der Waals surface area contributed by atoms with Crippen LogP contribution in [0.5, 0.6) is 0 Å². The van der Waals surface area contributed by atoms with Crippen LogP contribution in [-0.4, -0.2) is 22.8 Å². The number of aryl methyl sites for hydroxylation is 1. The highest BCUT2D eigenvalue weighted by molar-refractivity contribution is 7.12. The van der Waals surface area contributed by atoms with E-state index in [1.807, 2.05) is 0 Å². The molecule has 136 valence electrons. The maximum Gasteiger partial charge on any atom is 0.303 e. The molecule has 2 N–H and O–H groups in total. The van der Waals surface area contributed by atoms with Crippen molar-refractivity contribution in [2.45, 2.75) is 38.5 Å². The number of carboxylic acids is 1. The quantitative estimate of drug-likeness (QED) is 0.743. The number of Topliss-reactive ketones (excluding diaryl/α,β-unsaturated/α-hetero) is 1. The molecule has 1 aromatic heterocycles. The van der Waals surface area contributed by atoms with E-state index < -0.39 is 5.97 Å². The third-order valence-electron chi connectivity index (χ3n) is 4.30. The molecule has 0 unspecified atom stereocenters. The minimum absolute atomic E-state index is 0.0177. The lowest BCUT2D eigenvalue weighted by molar-refractivity contribution is -0.138. The van der Waals surface area contributed by atoms with Gasteiger partial charge in [-0.15, -0.1) is 11.3 Å². The molecule has 0 spiro atoms. The number of hydrogen-bond donors (Lipinski definition) is 2. The molecule has 2 aromatic rings. The molecule has 0 saturated heterocycles. The molecule has 0 fully saturated rings. The van der Waals surface area contributed by atoms with E-state index in [-0.39, 0.29) is 31.0 Å². The summed E-state index contributed by atoms with van der Waals surface area (Å²) in [4.78, 5) is 37.5. The monoisotopic (exact) mass is 391 g/mol. The van der Waals surface area contributed by atoms with E-state index in [1.165, 1.54) is 11.3 Å². The number of fused-ring (bicyclic) bond motifs is 1. The molecule has 1 amide bonds. The second-order valence-electron chi connectivity index (χ2n) is 6.23. The van der Waals surface area contributed by atoms with Crippen molar-refractivity contribution in [3.05, 3.63) is 50.2 Å². The molecular weight excluding hydrogens is 374 g/mol. The van der Waals surface area contributed by atoms with Gasteiger partial charge in [0, 0.05) is 33.3 Å². The Balaban J connectivity index is 1.80. The Labute approximate surface area is 160 Å². The van der Waals surface area contributed by atoms with Gasteiger partial charge in [0.2, 0.25) is 0 Å². The first-order chi connectivity index (χ1) is 12.4. The van der Waals surface area contributed by atoms with Gasteiger partial charge in [0.15, 0.2) is 0 Å². The number of aliphatic carboxylic acids is 1. The summed E-state index contributed by atoms with van der Waals surface area (Å²) in [7, 11) is 0. The standard InChI is InChI=1S/C19H18ClNO4S/c20-11-4-6-12(7-5-11)21-19(25)18-14-2-1-3-15(14)26-16(18)10-13(22)8-9-17(23)24/h4-7H,1-3,8-10H2,(H,21,25)(H,23,24). The SMILES string of the molecule is O=C(O)CCC(=O)Cc1sc2c(c1C(=O)Nc1ccc(Cl)cc1)CCC2. The van der Waals surface area contributed by atoms with E-state index >= 15 is 0 Å². The maximum atomic E-state index is 12.8. The zero-order chi connectivity index (χ0) is 18.7. The number of thiophene rings is 1. The normalized spacial score (nSPS) is 12.7. The van der Waals surface area contributed by atoms with Gasteiger partial charge in [-0.05, 0) is 49.1 Å². The molecular formula is C19H18ClNO4S. The first kappa shape index (κ1) is 18.6. The number of anilines is 1. The molecule has 26 heavy (non-hydrogen) atoms. The van der Waals surface area contributed by atoms with E-state index in [2.05, 4.69) is 5.32 Å². The van der Waals surface area contributed by atoms with E-state index in [1.54, 1.807) is 24.3 Å². The van der Waals surface area contributed by atoms with Gasteiger partial charge in [-0.2, -0.15) is 0 Å². The van der Waals surface area contributed by atoms with E-state index in [9.17, 15) is 14.4 Å². The lowest BCUT2D eigenvalue weighted by Gasteiger charge is -2.08. The Morgan fingerprint density at radius 1 is 1.12 bits per heavy atom. The van der Waals surface area contributed by atoms with Gasteiger partial charge in [0.05, 0.1) is 12.0 Å². The van der Waals surface area contributed by atoms with Crippen molar-refractivity contribution in [3.8, 4) is 0 Å². The number of carboxylic acid groups (broad SMARTS) is 1. The van der Waals surface area contributed by atoms with Crippen LogP contribution in [0.3, 0.4) is 0 Å². The Hall–Kier alpha value is -2.18. The summed E-state index contributed by atoms with van der Waals surface area (Å²) >= 11 is 7.37. The summed E-state index contributed by atoms with van der Waals surface area (Å²) in [6.45, 7) is 0. The molecule has 0 bridgehead atoms. The van der Waals surface area contributed by atoms with Crippen LogP contribution in [0.25, 0.3) is 0 Å². The average Bonchev–Trinajstić information content (AvgIpc) is 3.15. The second-order valence-corrected chi connectivity index (χ2v) is 7.85. The summed E-state index contributed by atoms with van der Waals surface area (Å²) in [5, 5.41) is 12.2. The summed E-state index contributed by atoms with van der Waals surface area (Å²) in [6, 6.07) is 6.85. The number of halogens is 1. The third kappa shape index (κ3) is 4.31. The maximum absolute atomic E-state index is 12.8. The number of hydrogen-bond acceptors (Lipinski definition) is 4. The fourth-order valence-corrected chi connectivity index (χ4v) is 4.64. The number of benzene rings is 1. The van der Waals surface area contributed by atoms with Crippen LogP contribution >= 0.6 is 22.9 Å². The molecule has 0 aliphatic heterocycles. The Bertz CT molecular complexity index is 857. The van der Waals surface area contributed by atoms with Crippen LogP contribution in [0.2, 0.25) is 5.02 Å². The highest BCUT2D eigenvalue weighted by Crippen LogP contribution is 2.36. The van der Waals surface area contributed by atoms with Crippen molar-refractivity contribution in [2.75, 3.05) is 5.32 Å². The highest BCUT2D eigenvalue weighted by Gasteiger charge is 2.27. The smallest absolute Gasteiger partial charge is 0.303 e. The summed E-state index contributed by atoms with van der Waals surface area (Å²) in [5.41, 5.74) is 2.25. The van der Waals surface area contributed by atoms with Crippen LogP contribution in [0.1, 0.15) is 44.9 Å². The molecule has 3 rings (SSSR count). The van der Waals surface area contributed by atoms with Gasteiger partial charge in [-0.1, -0.05) is 11.6 Å². The Morgan fingerprint density at radius 3 is 2.54 bits per heavy atom. The minimum Gasteiger partial charge on any atom is -0.481 e. The van der Waals surface area contributed by atoms with Crippen molar-refractivity contribution < 1.29 is 19.5 Å². The van der Waals surface area contributed by atoms with Crippen molar-refractivity contribution in [3.63, 3.8) is 0 Å². The van der Waals surface area contributed by atoms with Gasteiger partial charge in [-0.25, -0.2) is 0 Å². The first-order valence-electron chi connectivity index (χ1n) is 8.38. The molecule has 0 saturated carbocycles. The van der Waals surface area contributed by atoms with Gasteiger partial charge >= 0.3 is 5.97 Å². The van der Waals surface area contributed by atoms with Gasteiger partial charge in [0.1, 0.15) is 5.78 Å². The highest BCUT2D eigenvalue weighted by atomic mass is 35.5. The summed E-state index contributed by atoms with van der Waals surface area (Å²) in [5.74, 6) is -1.38. The second kappa shape index (κ2) is 8.01. The topological polar surface area (TPSA) is 83.5 Å². The van der Waals surface area contributed by atoms with Crippen LogP contribution < -0.4 is 5.32 Å². The number of carbonyl (C=O) groups excluding carboxylic acids is 2. The summed E-state index contributed by atoms with van der Waals surface area (Å²) < 4.78 is 0. The minimum atomic E-state index is -0.993. The number of amides is 1.